The Balaban J connectivity index is 1.90. The summed E-state index contributed by atoms with van der Waals surface area (Å²) < 4.78 is 0. The number of carbonyl (C=O) groups is 1. The normalized spacial score (nSPS) is 10.3. The van der Waals surface area contributed by atoms with E-state index >= 15 is 0 Å². The molecule has 1 amide bonds. The lowest BCUT2D eigenvalue weighted by Gasteiger charge is -2.05. The fraction of sp³-hybridized carbons (Fsp3) is 0.312. The first-order valence-electron chi connectivity index (χ1n) is 7.07. The zero-order valence-corrected chi connectivity index (χ0v) is 12.0. The number of benzene rings is 1. The molecule has 0 saturated heterocycles. The summed E-state index contributed by atoms with van der Waals surface area (Å²) in [4.78, 5) is 11.9. The Labute approximate surface area is 124 Å². The van der Waals surface area contributed by atoms with Crippen molar-refractivity contribution in [2.24, 2.45) is 0 Å². The van der Waals surface area contributed by atoms with Crippen molar-refractivity contribution < 1.29 is 9.90 Å². The van der Waals surface area contributed by atoms with Gasteiger partial charge in [-0.1, -0.05) is 25.5 Å². The molecule has 0 unspecified atom stereocenters. The number of phenols is 1. The largest absolute Gasteiger partial charge is 0.508 e. The van der Waals surface area contributed by atoms with Crippen LogP contribution in [0.5, 0.6) is 5.75 Å². The van der Waals surface area contributed by atoms with Crippen molar-refractivity contribution in [1.29, 1.82) is 0 Å². The van der Waals surface area contributed by atoms with Crippen LogP contribution in [0, 0.1) is 0 Å². The van der Waals surface area contributed by atoms with Gasteiger partial charge in [0.15, 0.2) is 5.82 Å². The van der Waals surface area contributed by atoms with Crippen molar-refractivity contribution in [3.8, 4) is 5.75 Å². The lowest BCUT2D eigenvalue weighted by atomic mass is 10.1. The maximum atomic E-state index is 11.9. The molecule has 1 aromatic heterocycles. The molecule has 0 atom stereocenters. The minimum atomic E-state index is -0.184. The first-order chi connectivity index (χ1) is 10.2. The monoisotopic (exact) mass is 285 g/mol. The number of amides is 1. The number of hydrogen-bond acceptors (Lipinski definition) is 4. The third kappa shape index (κ3) is 4.87. The molecule has 0 aliphatic carbocycles. The van der Waals surface area contributed by atoms with E-state index in [1.165, 1.54) is 0 Å². The second-order valence-corrected chi connectivity index (χ2v) is 4.91. The SMILES string of the molecule is CCCCc1ccc(NC(=O)Cc2cccc(O)c2)nn1. The van der Waals surface area contributed by atoms with Gasteiger partial charge in [0, 0.05) is 0 Å². The number of aryl methyl sites for hydroxylation is 1. The molecule has 0 saturated carbocycles. The number of phenolic OH excluding ortho intramolecular Hbond substituents is 1. The Morgan fingerprint density at radius 1 is 1.24 bits per heavy atom. The zero-order chi connectivity index (χ0) is 15.1. The van der Waals surface area contributed by atoms with Gasteiger partial charge in [0.2, 0.25) is 5.91 Å². The van der Waals surface area contributed by atoms with Crippen molar-refractivity contribution in [2.45, 2.75) is 32.6 Å². The molecule has 0 fully saturated rings. The summed E-state index contributed by atoms with van der Waals surface area (Å²) in [5.41, 5.74) is 1.68. The molecule has 1 heterocycles. The first kappa shape index (κ1) is 15.0. The van der Waals surface area contributed by atoms with Crippen LogP contribution in [-0.2, 0) is 17.6 Å². The van der Waals surface area contributed by atoms with E-state index < -0.39 is 0 Å². The highest BCUT2D eigenvalue weighted by Crippen LogP contribution is 2.12. The molecule has 0 bridgehead atoms. The molecular weight excluding hydrogens is 266 g/mol. The molecule has 5 nitrogen and oxygen atoms in total. The molecule has 2 rings (SSSR count). The van der Waals surface area contributed by atoms with Crippen LogP contribution in [0.25, 0.3) is 0 Å². The van der Waals surface area contributed by atoms with E-state index in [0.717, 1.165) is 30.5 Å². The Morgan fingerprint density at radius 2 is 2.10 bits per heavy atom. The summed E-state index contributed by atoms with van der Waals surface area (Å²) in [5.74, 6) is 0.414. The van der Waals surface area contributed by atoms with Crippen molar-refractivity contribution in [3.63, 3.8) is 0 Å². The van der Waals surface area contributed by atoms with Crippen molar-refractivity contribution in [2.75, 3.05) is 5.32 Å². The Morgan fingerprint density at radius 3 is 2.76 bits per heavy atom. The molecule has 0 radical (unpaired) electrons. The van der Waals surface area contributed by atoms with Gasteiger partial charge in [-0.05, 0) is 42.7 Å². The topological polar surface area (TPSA) is 75.1 Å². The van der Waals surface area contributed by atoms with Crippen LogP contribution >= 0.6 is 0 Å². The van der Waals surface area contributed by atoms with Gasteiger partial charge in [-0.25, -0.2) is 0 Å². The number of rotatable bonds is 6. The van der Waals surface area contributed by atoms with E-state index in [1.807, 2.05) is 6.07 Å². The highest BCUT2D eigenvalue weighted by Gasteiger charge is 2.06. The summed E-state index contributed by atoms with van der Waals surface area (Å²) >= 11 is 0. The first-order valence-corrected chi connectivity index (χ1v) is 7.07. The minimum Gasteiger partial charge on any atom is -0.508 e. The summed E-state index contributed by atoms with van der Waals surface area (Å²) in [6, 6.07) is 10.3. The molecule has 1 aromatic carbocycles. The van der Waals surface area contributed by atoms with Crippen molar-refractivity contribution in [3.05, 3.63) is 47.7 Å². The van der Waals surface area contributed by atoms with Crippen LogP contribution in [0.2, 0.25) is 0 Å². The van der Waals surface area contributed by atoms with Gasteiger partial charge in [0.05, 0.1) is 12.1 Å². The second kappa shape index (κ2) is 7.38. The van der Waals surface area contributed by atoms with Crippen LogP contribution in [-0.4, -0.2) is 21.2 Å². The average Bonchev–Trinajstić information content (AvgIpc) is 2.46. The van der Waals surface area contributed by atoms with Crippen LogP contribution < -0.4 is 5.32 Å². The Hall–Kier alpha value is -2.43. The second-order valence-electron chi connectivity index (χ2n) is 4.91. The summed E-state index contributed by atoms with van der Waals surface area (Å²) in [5, 5.41) is 20.1. The van der Waals surface area contributed by atoms with E-state index in [0.29, 0.717) is 5.82 Å². The van der Waals surface area contributed by atoms with Crippen LogP contribution in [0.15, 0.2) is 36.4 Å². The van der Waals surface area contributed by atoms with Crippen LogP contribution in [0.3, 0.4) is 0 Å². The zero-order valence-electron chi connectivity index (χ0n) is 12.0. The molecule has 21 heavy (non-hydrogen) atoms. The van der Waals surface area contributed by atoms with Crippen molar-refractivity contribution >= 4 is 11.7 Å². The highest BCUT2D eigenvalue weighted by molar-refractivity contribution is 5.91. The Bertz CT molecular complexity index is 597. The van der Waals surface area contributed by atoms with E-state index in [1.54, 1.807) is 30.3 Å². The van der Waals surface area contributed by atoms with Crippen molar-refractivity contribution in [1.82, 2.24) is 10.2 Å². The molecule has 2 aromatic rings. The fourth-order valence-electron chi connectivity index (χ4n) is 1.96. The third-order valence-electron chi connectivity index (χ3n) is 3.05. The number of hydrogen-bond donors (Lipinski definition) is 2. The number of unbranched alkanes of at least 4 members (excludes halogenated alkanes) is 1. The number of carbonyl (C=O) groups excluding carboxylic acids is 1. The van der Waals surface area contributed by atoms with E-state index in [9.17, 15) is 9.90 Å². The Kier molecular flexibility index (Phi) is 5.26. The molecule has 5 heteroatoms. The molecule has 2 N–H and O–H groups in total. The maximum absolute atomic E-state index is 11.9. The molecule has 0 spiro atoms. The number of nitrogens with zero attached hydrogens (tertiary/aromatic N) is 2. The minimum absolute atomic E-state index is 0.153. The van der Waals surface area contributed by atoms with Gasteiger partial charge in [0.25, 0.3) is 0 Å². The van der Waals surface area contributed by atoms with E-state index in [4.69, 9.17) is 0 Å². The predicted octanol–water partition coefficient (Wildman–Crippen LogP) is 2.71. The number of aromatic hydroxyl groups is 1. The maximum Gasteiger partial charge on any atom is 0.229 e. The van der Waals surface area contributed by atoms with Gasteiger partial charge in [-0.3, -0.25) is 4.79 Å². The summed E-state index contributed by atoms with van der Waals surface area (Å²) in [7, 11) is 0. The van der Waals surface area contributed by atoms with E-state index in [-0.39, 0.29) is 18.1 Å². The molecular formula is C16H19N3O2. The molecule has 0 aliphatic rings. The molecule has 0 aliphatic heterocycles. The van der Waals surface area contributed by atoms with Gasteiger partial charge in [-0.15, -0.1) is 5.10 Å². The predicted molar refractivity (Wildman–Crippen MR) is 81.1 cm³/mol. The van der Waals surface area contributed by atoms with E-state index in [2.05, 4.69) is 22.4 Å². The fourth-order valence-corrected chi connectivity index (χ4v) is 1.96. The smallest absolute Gasteiger partial charge is 0.229 e. The van der Waals surface area contributed by atoms with Crippen LogP contribution in [0.4, 0.5) is 5.82 Å². The number of aromatic nitrogens is 2. The quantitative estimate of drug-likeness (QED) is 0.855. The van der Waals surface area contributed by atoms with Crippen LogP contribution in [0.1, 0.15) is 31.0 Å². The summed E-state index contributed by atoms with van der Waals surface area (Å²) in [6.45, 7) is 2.13. The lowest BCUT2D eigenvalue weighted by molar-refractivity contribution is -0.115. The average molecular weight is 285 g/mol. The van der Waals surface area contributed by atoms with Gasteiger partial charge in [0.1, 0.15) is 5.75 Å². The number of nitrogens with one attached hydrogen (secondary N) is 1. The highest BCUT2D eigenvalue weighted by atomic mass is 16.3. The van der Waals surface area contributed by atoms with Gasteiger partial charge in [-0.2, -0.15) is 5.10 Å². The lowest BCUT2D eigenvalue weighted by Crippen LogP contribution is -2.15. The summed E-state index contributed by atoms with van der Waals surface area (Å²) in [6.07, 6.45) is 3.29. The van der Waals surface area contributed by atoms with Gasteiger partial charge < -0.3 is 10.4 Å². The third-order valence-corrected chi connectivity index (χ3v) is 3.05. The standard InChI is InChI=1S/C16H19N3O2/c1-2-3-6-13-8-9-15(19-18-13)17-16(21)11-12-5-4-7-14(20)10-12/h4-5,7-10,20H,2-3,6,11H2,1H3,(H,17,19,21). The number of anilines is 1. The van der Waals surface area contributed by atoms with Gasteiger partial charge >= 0.3 is 0 Å². The molecule has 110 valence electrons.